The predicted octanol–water partition coefficient (Wildman–Crippen LogP) is 3.58. The van der Waals surface area contributed by atoms with Crippen LogP contribution in [0.1, 0.15) is 31.2 Å². The SMILES string of the molecule is CNC1CCC(c2cc(F)ccc2Cl)C1C. The van der Waals surface area contributed by atoms with Crippen LogP contribution in [0, 0.1) is 11.7 Å². The average Bonchev–Trinajstić information content (AvgIpc) is 2.63. The molecule has 2 rings (SSSR count). The van der Waals surface area contributed by atoms with Gasteiger partial charge >= 0.3 is 0 Å². The van der Waals surface area contributed by atoms with Crippen molar-refractivity contribution in [2.45, 2.75) is 31.7 Å². The van der Waals surface area contributed by atoms with Gasteiger partial charge < -0.3 is 5.32 Å². The maximum absolute atomic E-state index is 13.2. The first-order valence-electron chi connectivity index (χ1n) is 5.75. The van der Waals surface area contributed by atoms with Crippen molar-refractivity contribution in [3.8, 4) is 0 Å². The highest BCUT2D eigenvalue weighted by Gasteiger charge is 2.33. The summed E-state index contributed by atoms with van der Waals surface area (Å²) >= 11 is 6.15. The molecule has 1 nitrogen and oxygen atoms in total. The van der Waals surface area contributed by atoms with Gasteiger partial charge in [0.15, 0.2) is 0 Å². The molecule has 88 valence electrons. The molecule has 0 bridgehead atoms. The molecule has 3 atom stereocenters. The van der Waals surface area contributed by atoms with E-state index in [-0.39, 0.29) is 5.82 Å². The maximum atomic E-state index is 13.2. The molecular weight excluding hydrogens is 225 g/mol. The van der Waals surface area contributed by atoms with Gasteiger partial charge in [-0.2, -0.15) is 0 Å². The molecule has 1 aliphatic rings. The van der Waals surface area contributed by atoms with Gasteiger partial charge in [0, 0.05) is 11.1 Å². The molecule has 0 saturated heterocycles. The Bertz CT molecular complexity index is 380. The molecule has 1 fully saturated rings. The quantitative estimate of drug-likeness (QED) is 0.835. The fraction of sp³-hybridized carbons (Fsp3) is 0.538. The van der Waals surface area contributed by atoms with E-state index in [0.29, 0.717) is 22.9 Å². The van der Waals surface area contributed by atoms with Crippen LogP contribution in [-0.2, 0) is 0 Å². The minimum atomic E-state index is -0.195. The van der Waals surface area contributed by atoms with E-state index in [4.69, 9.17) is 11.6 Å². The first-order chi connectivity index (χ1) is 7.63. The summed E-state index contributed by atoms with van der Waals surface area (Å²) in [5.41, 5.74) is 0.965. The number of hydrogen-bond donors (Lipinski definition) is 1. The van der Waals surface area contributed by atoms with Gasteiger partial charge in [0.2, 0.25) is 0 Å². The van der Waals surface area contributed by atoms with E-state index in [1.807, 2.05) is 7.05 Å². The van der Waals surface area contributed by atoms with Crippen LogP contribution in [0.5, 0.6) is 0 Å². The Morgan fingerprint density at radius 1 is 1.38 bits per heavy atom. The summed E-state index contributed by atoms with van der Waals surface area (Å²) < 4.78 is 13.2. The van der Waals surface area contributed by atoms with Gasteiger partial charge in [-0.3, -0.25) is 0 Å². The summed E-state index contributed by atoms with van der Waals surface area (Å²) in [7, 11) is 1.98. The van der Waals surface area contributed by atoms with Gasteiger partial charge in [-0.25, -0.2) is 4.39 Å². The second-order valence-electron chi connectivity index (χ2n) is 4.60. The standard InChI is InChI=1S/C13H17ClFN/c1-8-10(4-6-13(8)16-2)11-7-9(15)3-5-12(11)14/h3,5,7-8,10,13,16H,4,6H2,1-2H3. The monoisotopic (exact) mass is 241 g/mol. The van der Waals surface area contributed by atoms with Gasteiger partial charge in [0.25, 0.3) is 0 Å². The molecule has 16 heavy (non-hydrogen) atoms. The van der Waals surface area contributed by atoms with Crippen molar-refractivity contribution in [3.63, 3.8) is 0 Å². The molecule has 0 aromatic heterocycles. The van der Waals surface area contributed by atoms with Gasteiger partial charge in [0.05, 0.1) is 0 Å². The zero-order valence-electron chi connectivity index (χ0n) is 9.63. The largest absolute Gasteiger partial charge is 0.317 e. The normalized spacial score (nSPS) is 29.6. The van der Waals surface area contributed by atoms with E-state index in [9.17, 15) is 4.39 Å². The van der Waals surface area contributed by atoms with Crippen molar-refractivity contribution in [1.29, 1.82) is 0 Å². The molecule has 0 spiro atoms. The summed E-state index contributed by atoms with van der Waals surface area (Å²) in [4.78, 5) is 0. The molecule has 0 radical (unpaired) electrons. The zero-order valence-corrected chi connectivity index (χ0v) is 10.4. The Hall–Kier alpha value is -0.600. The molecule has 3 unspecified atom stereocenters. The van der Waals surface area contributed by atoms with Gasteiger partial charge in [-0.1, -0.05) is 18.5 Å². The highest BCUT2D eigenvalue weighted by atomic mass is 35.5. The Balaban J connectivity index is 2.28. The lowest BCUT2D eigenvalue weighted by molar-refractivity contribution is 0.428. The predicted molar refractivity (Wildman–Crippen MR) is 65.4 cm³/mol. The van der Waals surface area contributed by atoms with Crippen molar-refractivity contribution in [3.05, 3.63) is 34.6 Å². The van der Waals surface area contributed by atoms with Gasteiger partial charge in [-0.15, -0.1) is 0 Å². The average molecular weight is 242 g/mol. The minimum absolute atomic E-state index is 0.195. The molecule has 3 heteroatoms. The Kier molecular flexibility index (Phi) is 3.50. The highest BCUT2D eigenvalue weighted by Crippen LogP contribution is 2.42. The first kappa shape index (κ1) is 11.9. The van der Waals surface area contributed by atoms with Crippen LogP contribution in [0.4, 0.5) is 4.39 Å². The number of benzene rings is 1. The van der Waals surface area contributed by atoms with Crippen molar-refractivity contribution < 1.29 is 4.39 Å². The molecule has 1 saturated carbocycles. The third-order valence-corrected chi connectivity index (χ3v) is 4.13. The second kappa shape index (κ2) is 4.72. The summed E-state index contributed by atoms with van der Waals surface area (Å²) in [6.07, 6.45) is 2.21. The Morgan fingerprint density at radius 2 is 2.12 bits per heavy atom. The van der Waals surface area contributed by atoms with E-state index in [1.165, 1.54) is 6.07 Å². The number of halogens is 2. The number of rotatable bonds is 2. The summed E-state index contributed by atoms with van der Waals surface area (Å²) in [5, 5.41) is 4.00. The van der Waals surface area contributed by atoms with Crippen LogP contribution in [0.25, 0.3) is 0 Å². The fourth-order valence-corrected chi connectivity index (χ4v) is 3.07. The van der Waals surface area contributed by atoms with Crippen LogP contribution in [0.3, 0.4) is 0 Å². The van der Waals surface area contributed by atoms with Crippen LogP contribution in [-0.4, -0.2) is 13.1 Å². The molecule has 1 N–H and O–H groups in total. The Labute approximate surface area is 101 Å². The van der Waals surface area contributed by atoms with E-state index >= 15 is 0 Å². The van der Waals surface area contributed by atoms with E-state index in [1.54, 1.807) is 12.1 Å². The molecule has 0 amide bonds. The summed E-state index contributed by atoms with van der Waals surface area (Å²) in [6.45, 7) is 2.21. The van der Waals surface area contributed by atoms with E-state index in [0.717, 1.165) is 18.4 Å². The van der Waals surface area contributed by atoms with E-state index < -0.39 is 0 Å². The minimum Gasteiger partial charge on any atom is -0.317 e. The lowest BCUT2D eigenvalue weighted by Crippen LogP contribution is -2.28. The first-order valence-corrected chi connectivity index (χ1v) is 6.13. The smallest absolute Gasteiger partial charge is 0.123 e. The molecule has 1 aromatic carbocycles. The zero-order chi connectivity index (χ0) is 11.7. The maximum Gasteiger partial charge on any atom is 0.123 e. The van der Waals surface area contributed by atoms with Crippen molar-refractivity contribution in [2.24, 2.45) is 5.92 Å². The molecular formula is C13H17ClFN. The molecule has 0 aliphatic heterocycles. The van der Waals surface area contributed by atoms with Gasteiger partial charge in [-0.05, 0) is 55.5 Å². The fourth-order valence-electron chi connectivity index (χ4n) is 2.81. The van der Waals surface area contributed by atoms with Crippen LogP contribution in [0.2, 0.25) is 5.02 Å². The second-order valence-corrected chi connectivity index (χ2v) is 5.01. The lowest BCUT2D eigenvalue weighted by Gasteiger charge is -2.21. The van der Waals surface area contributed by atoms with Crippen molar-refractivity contribution in [2.75, 3.05) is 7.05 Å². The van der Waals surface area contributed by atoms with Gasteiger partial charge in [0.1, 0.15) is 5.82 Å². The number of nitrogens with one attached hydrogen (secondary N) is 1. The van der Waals surface area contributed by atoms with Crippen molar-refractivity contribution in [1.82, 2.24) is 5.32 Å². The third-order valence-electron chi connectivity index (χ3n) is 3.79. The number of hydrogen-bond acceptors (Lipinski definition) is 1. The van der Waals surface area contributed by atoms with Crippen molar-refractivity contribution >= 4 is 11.6 Å². The van der Waals surface area contributed by atoms with E-state index in [2.05, 4.69) is 12.2 Å². The Morgan fingerprint density at radius 3 is 2.75 bits per heavy atom. The summed E-state index contributed by atoms with van der Waals surface area (Å²) in [5.74, 6) is 0.685. The molecule has 1 aliphatic carbocycles. The topological polar surface area (TPSA) is 12.0 Å². The third kappa shape index (κ3) is 2.09. The molecule has 0 heterocycles. The van der Waals surface area contributed by atoms with Crippen LogP contribution >= 0.6 is 11.6 Å². The van der Waals surface area contributed by atoms with Crippen LogP contribution in [0.15, 0.2) is 18.2 Å². The summed E-state index contributed by atoms with van der Waals surface area (Å²) in [6, 6.07) is 5.18. The highest BCUT2D eigenvalue weighted by molar-refractivity contribution is 6.31. The molecule has 1 aromatic rings. The van der Waals surface area contributed by atoms with Crippen LogP contribution < -0.4 is 5.32 Å². The lowest BCUT2D eigenvalue weighted by atomic mass is 9.89.